The summed E-state index contributed by atoms with van der Waals surface area (Å²) in [5.74, 6) is 0.264. The zero-order valence-corrected chi connectivity index (χ0v) is 12.9. The minimum atomic E-state index is -0.410. The van der Waals surface area contributed by atoms with Gasteiger partial charge < -0.3 is 11.1 Å². The molecule has 2 aromatic rings. The van der Waals surface area contributed by atoms with E-state index in [-0.39, 0.29) is 5.91 Å². The number of primary amides is 1. The Hall–Kier alpha value is -1.60. The fourth-order valence-electron chi connectivity index (χ4n) is 2.68. The van der Waals surface area contributed by atoms with Gasteiger partial charge in [0.1, 0.15) is 16.1 Å². The first-order valence-electron chi connectivity index (χ1n) is 6.89. The van der Waals surface area contributed by atoms with Gasteiger partial charge in [-0.05, 0) is 30.5 Å². The standard InChI is InChI=1S/C14H14N4OS2/c15-12(19)10-6-20-13(18-10)14-17-9-4-3-8-7(11(9)21-14)2-1-5-16-8/h3-4,10,16H,1-2,5-6H2,(H2,15,19)/t10-/m1/s1. The van der Waals surface area contributed by atoms with Crippen molar-refractivity contribution in [3.63, 3.8) is 0 Å². The van der Waals surface area contributed by atoms with Crippen LogP contribution in [0, 0.1) is 0 Å². The number of nitrogens with zero attached hydrogens (tertiary/aromatic N) is 2. The largest absolute Gasteiger partial charge is 0.385 e. The molecular formula is C14H14N4OS2. The van der Waals surface area contributed by atoms with Gasteiger partial charge in [-0.25, -0.2) is 4.98 Å². The zero-order valence-electron chi connectivity index (χ0n) is 11.3. The van der Waals surface area contributed by atoms with Gasteiger partial charge in [-0.3, -0.25) is 9.79 Å². The van der Waals surface area contributed by atoms with Crippen LogP contribution in [0.1, 0.15) is 17.0 Å². The lowest BCUT2D eigenvalue weighted by Crippen LogP contribution is -2.26. The van der Waals surface area contributed by atoms with Crippen LogP contribution in [0.4, 0.5) is 5.69 Å². The van der Waals surface area contributed by atoms with E-state index < -0.39 is 6.04 Å². The molecule has 108 valence electrons. The second kappa shape index (κ2) is 4.99. The fourth-order valence-corrected chi connectivity index (χ4v) is 4.93. The lowest BCUT2D eigenvalue weighted by molar-refractivity contribution is -0.118. The molecule has 1 atom stereocenters. The molecule has 21 heavy (non-hydrogen) atoms. The highest BCUT2D eigenvalue weighted by Gasteiger charge is 2.26. The Kier molecular flexibility index (Phi) is 3.11. The van der Waals surface area contributed by atoms with Crippen LogP contribution in [-0.2, 0) is 11.2 Å². The van der Waals surface area contributed by atoms with Crippen molar-refractivity contribution in [2.24, 2.45) is 10.7 Å². The fraction of sp³-hybridized carbons (Fsp3) is 0.357. The summed E-state index contributed by atoms with van der Waals surface area (Å²) < 4.78 is 1.24. The molecule has 0 aliphatic carbocycles. The molecule has 0 saturated carbocycles. The second-order valence-electron chi connectivity index (χ2n) is 5.15. The zero-order chi connectivity index (χ0) is 14.4. The topological polar surface area (TPSA) is 80.4 Å². The number of fused-ring (bicyclic) bond motifs is 3. The first kappa shape index (κ1) is 13.1. The van der Waals surface area contributed by atoms with Crippen molar-refractivity contribution in [1.29, 1.82) is 0 Å². The van der Waals surface area contributed by atoms with Crippen LogP contribution in [0.5, 0.6) is 0 Å². The lowest BCUT2D eigenvalue weighted by atomic mass is 10.0. The molecule has 3 N–H and O–H groups in total. The predicted molar refractivity (Wildman–Crippen MR) is 88.4 cm³/mol. The van der Waals surface area contributed by atoms with E-state index in [1.165, 1.54) is 16.0 Å². The quantitative estimate of drug-likeness (QED) is 0.887. The van der Waals surface area contributed by atoms with Crippen LogP contribution in [0.25, 0.3) is 10.2 Å². The molecule has 7 heteroatoms. The van der Waals surface area contributed by atoms with Gasteiger partial charge in [-0.1, -0.05) is 0 Å². The summed E-state index contributed by atoms with van der Waals surface area (Å²) in [4.78, 5) is 20.3. The monoisotopic (exact) mass is 318 g/mol. The SMILES string of the molecule is NC(=O)[C@H]1CSC(c2nc3ccc4c(c3s2)CCCN4)=N1. The van der Waals surface area contributed by atoms with Crippen molar-refractivity contribution < 1.29 is 4.79 Å². The summed E-state index contributed by atoms with van der Waals surface area (Å²) in [6, 6.07) is 3.75. The summed E-state index contributed by atoms with van der Waals surface area (Å²) in [6.45, 7) is 1.03. The second-order valence-corrected chi connectivity index (χ2v) is 7.16. The average Bonchev–Trinajstić information content (AvgIpc) is 3.13. The third kappa shape index (κ3) is 2.20. The number of aliphatic imine (C=N–C) groups is 1. The number of aryl methyl sites for hydroxylation is 1. The van der Waals surface area contributed by atoms with Crippen molar-refractivity contribution in [1.82, 2.24) is 4.98 Å². The Balaban J connectivity index is 1.78. The van der Waals surface area contributed by atoms with Crippen molar-refractivity contribution in [2.45, 2.75) is 18.9 Å². The summed E-state index contributed by atoms with van der Waals surface area (Å²) in [7, 11) is 0. The number of nitrogens with two attached hydrogens (primary N) is 1. The molecular weight excluding hydrogens is 304 g/mol. The lowest BCUT2D eigenvalue weighted by Gasteiger charge is -2.17. The van der Waals surface area contributed by atoms with Gasteiger partial charge in [0, 0.05) is 18.0 Å². The minimum Gasteiger partial charge on any atom is -0.385 e. The molecule has 0 fully saturated rings. The van der Waals surface area contributed by atoms with Crippen LogP contribution in [0.3, 0.4) is 0 Å². The Morgan fingerprint density at radius 3 is 3.14 bits per heavy atom. The van der Waals surface area contributed by atoms with Gasteiger partial charge in [-0.2, -0.15) is 0 Å². The molecule has 0 unspecified atom stereocenters. The number of anilines is 1. The number of hydrogen-bond acceptors (Lipinski definition) is 6. The number of carbonyl (C=O) groups is 1. The van der Waals surface area contributed by atoms with Crippen LogP contribution in [0.15, 0.2) is 17.1 Å². The molecule has 1 aromatic heterocycles. The number of thiazole rings is 1. The Morgan fingerprint density at radius 2 is 2.33 bits per heavy atom. The number of rotatable bonds is 2. The first-order valence-corrected chi connectivity index (χ1v) is 8.69. The van der Waals surface area contributed by atoms with Gasteiger partial charge >= 0.3 is 0 Å². The summed E-state index contributed by atoms with van der Waals surface area (Å²) in [5.41, 5.74) is 8.92. The highest BCUT2D eigenvalue weighted by Crippen LogP contribution is 2.36. The van der Waals surface area contributed by atoms with E-state index in [2.05, 4.69) is 27.4 Å². The van der Waals surface area contributed by atoms with E-state index in [9.17, 15) is 4.79 Å². The van der Waals surface area contributed by atoms with Gasteiger partial charge in [0.15, 0.2) is 0 Å². The number of hydrogen-bond donors (Lipinski definition) is 2. The molecule has 1 aromatic carbocycles. The molecule has 1 amide bonds. The maximum Gasteiger partial charge on any atom is 0.243 e. The molecule has 0 radical (unpaired) electrons. The Morgan fingerprint density at radius 1 is 1.43 bits per heavy atom. The van der Waals surface area contributed by atoms with E-state index >= 15 is 0 Å². The number of aromatic nitrogens is 1. The number of carbonyl (C=O) groups excluding carboxylic acids is 1. The van der Waals surface area contributed by atoms with Crippen molar-refractivity contribution in [3.8, 4) is 0 Å². The van der Waals surface area contributed by atoms with Gasteiger partial charge in [0.05, 0.1) is 10.2 Å². The van der Waals surface area contributed by atoms with E-state index in [4.69, 9.17) is 5.73 Å². The maximum atomic E-state index is 11.2. The van der Waals surface area contributed by atoms with Gasteiger partial charge in [-0.15, -0.1) is 23.1 Å². The van der Waals surface area contributed by atoms with E-state index in [0.29, 0.717) is 5.75 Å². The number of thioether (sulfide) groups is 1. The first-order chi connectivity index (χ1) is 10.2. The molecule has 2 aliphatic heterocycles. The highest BCUT2D eigenvalue weighted by atomic mass is 32.2. The number of nitrogens with one attached hydrogen (secondary N) is 1. The molecule has 0 saturated heterocycles. The molecule has 5 nitrogen and oxygen atoms in total. The van der Waals surface area contributed by atoms with Gasteiger partial charge in [0.25, 0.3) is 0 Å². The smallest absolute Gasteiger partial charge is 0.243 e. The average molecular weight is 318 g/mol. The molecule has 2 aliphatic rings. The van der Waals surface area contributed by atoms with Crippen molar-refractivity contribution >= 4 is 50.0 Å². The third-order valence-electron chi connectivity index (χ3n) is 3.74. The molecule has 3 heterocycles. The van der Waals surface area contributed by atoms with E-state index in [1.807, 2.05) is 0 Å². The van der Waals surface area contributed by atoms with Crippen LogP contribution in [0.2, 0.25) is 0 Å². The summed E-state index contributed by atoms with van der Waals surface area (Å²) in [5, 5.41) is 5.18. The van der Waals surface area contributed by atoms with E-state index in [1.54, 1.807) is 23.1 Å². The summed E-state index contributed by atoms with van der Waals surface area (Å²) in [6.07, 6.45) is 2.24. The molecule has 0 bridgehead atoms. The van der Waals surface area contributed by atoms with E-state index in [0.717, 1.165) is 35.0 Å². The number of amides is 1. The molecule has 0 spiro atoms. The number of benzene rings is 1. The van der Waals surface area contributed by atoms with Gasteiger partial charge in [0.2, 0.25) is 5.91 Å². The predicted octanol–water partition coefficient (Wildman–Crippen LogP) is 2.00. The highest BCUT2D eigenvalue weighted by molar-refractivity contribution is 8.15. The normalized spacial score (nSPS) is 21.0. The third-order valence-corrected chi connectivity index (χ3v) is 6.06. The van der Waals surface area contributed by atoms with Crippen LogP contribution in [-0.4, -0.2) is 34.3 Å². The minimum absolute atomic E-state index is 0.361. The van der Waals surface area contributed by atoms with Crippen LogP contribution >= 0.6 is 23.1 Å². The Bertz CT molecular complexity index is 768. The molecule has 4 rings (SSSR count). The summed E-state index contributed by atoms with van der Waals surface area (Å²) >= 11 is 3.23. The van der Waals surface area contributed by atoms with Crippen molar-refractivity contribution in [2.75, 3.05) is 17.6 Å². The van der Waals surface area contributed by atoms with Crippen LogP contribution < -0.4 is 11.1 Å². The maximum absolute atomic E-state index is 11.2. The van der Waals surface area contributed by atoms with Crippen molar-refractivity contribution in [3.05, 3.63) is 22.7 Å². The Labute approximate surface area is 130 Å².